The zero-order chi connectivity index (χ0) is 23.2. The zero-order valence-electron chi connectivity index (χ0n) is 18.0. The molecule has 0 unspecified atom stereocenters. The van der Waals surface area contributed by atoms with Gasteiger partial charge < -0.3 is 20.3 Å². The minimum absolute atomic E-state index is 0.0373. The molecule has 1 saturated heterocycles. The lowest BCUT2D eigenvalue weighted by atomic mass is 10.1. The number of carbonyl (C=O) groups excluding carboxylic acids is 2. The van der Waals surface area contributed by atoms with Gasteiger partial charge >= 0.3 is 0 Å². The molecule has 3 aromatic rings. The van der Waals surface area contributed by atoms with Gasteiger partial charge in [-0.3, -0.25) is 9.59 Å². The van der Waals surface area contributed by atoms with Gasteiger partial charge in [0.05, 0.1) is 18.4 Å². The molecule has 0 bridgehead atoms. The van der Waals surface area contributed by atoms with E-state index in [2.05, 4.69) is 20.6 Å². The predicted octanol–water partition coefficient (Wildman–Crippen LogP) is 2.81. The van der Waals surface area contributed by atoms with Crippen molar-refractivity contribution in [2.45, 2.75) is 6.92 Å². The van der Waals surface area contributed by atoms with Crippen LogP contribution in [0.2, 0.25) is 0 Å². The molecule has 1 aromatic heterocycles. The minimum Gasteiger partial charge on any atom is -0.370 e. The highest BCUT2D eigenvalue weighted by atomic mass is 16.5. The number of carbonyl (C=O) groups is 2. The van der Waals surface area contributed by atoms with E-state index in [1.807, 2.05) is 49.4 Å². The van der Waals surface area contributed by atoms with Crippen LogP contribution in [-0.4, -0.2) is 48.1 Å². The van der Waals surface area contributed by atoms with Crippen molar-refractivity contribution in [1.82, 2.24) is 15.3 Å². The van der Waals surface area contributed by atoms with Crippen LogP contribution in [-0.2, 0) is 9.53 Å². The molecule has 9 heteroatoms. The van der Waals surface area contributed by atoms with Gasteiger partial charge in [-0.05, 0) is 48.9 Å². The van der Waals surface area contributed by atoms with Crippen molar-refractivity contribution in [3.05, 3.63) is 65.9 Å². The van der Waals surface area contributed by atoms with Crippen molar-refractivity contribution in [3.63, 3.8) is 0 Å². The summed E-state index contributed by atoms with van der Waals surface area (Å²) in [6.45, 7) is 3.04. The largest absolute Gasteiger partial charge is 0.370 e. The Labute approximate surface area is 191 Å². The Morgan fingerprint density at radius 2 is 1.94 bits per heavy atom. The molecule has 2 heterocycles. The summed E-state index contributed by atoms with van der Waals surface area (Å²) in [6.07, 6.45) is 1.74. The summed E-state index contributed by atoms with van der Waals surface area (Å²) in [5, 5.41) is 14.3. The van der Waals surface area contributed by atoms with Gasteiger partial charge in [-0.15, -0.1) is 0 Å². The Bertz CT molecular complexity index is 1200. The van der Waals surface area contributed by atoms with E-state index < -0.39 is 0 Å². The van der Waals surface area contributed by atoms with Gasteiger partial charge in [-0.25, -0.2) is 9.97 Å². The molecule has 0 spiro atoms. The topological polar surface area (TPSA) is 120 Å². The van der Waals surface area contributed by atoms with Gasteiger partial charge in [0.2, 0.25) is 5.95 Å². The number of aryl methyl sites for hydroxylation is 1. The summed E-state index contributed by atoms with van der Waals surface area (Å²) in [4.78, 5) is 34.7. The van der Waals surface area contributed by atoms with E-state index in [1.54, 1.807) is 23.2 Å². The number of benzene rings is 2. The van der Waals surface area contributed by atoms with Crippen LogP contribution in [0.1, 0.15) is 15.9 Å². The lowest BCUT2D eigenvalue weighted by Crippen LogP contribution is -2.41. The minimum atomic E-state index is -0.299. The van der Waals surface area contributed by atoms with Crippen molar-refractivity contribution in [2.75, 3.05) is 36.5 Å². The Hall–Kier alpha value is -4.29. The molecule has 166 valence electrons. The van der Waals surface area contributed by atoms with Crippen LogP contribution in [0, 0.1) is 18.3 Å². The molecule has 2 N–H and O–H groups in total. The first-order valence-electron chi connectivity index (χ1n) is 10.4. The average molecular weight is 442 g/mol. The van der Waals surface area contributed by atoms with Crippen molar-refractivity contribution >= 4 is 29.1 Å². The van der Waals surface area contributed by atoms with Crippen LogP contribution < -0.4 is 15.5 Å². The van der Waals surface area contributed by atoms with Crippen molar-refractivity contribution < 1.29 is 14.3 Å². The number of nitrogens with zero attached hydrogens (tertiary/aromatic N) is 4. The molecule has 1 fully saturated rings. The van der Waals surface area contributed by atoms with Crippen molar-refractivity contribution in [3.8, 4) is 17.3 Å². The highest BCUT2D eigenvalue weighted by molar-refractivity contribution is 5.95. The summed E-state index contributed by atoms with van der Waals surface area (Å²) in [7, 11) is 0. The van der Waals surface area contributed by atoms with Crippen molar-refractivity contribution in [2.24, 2.45) is 0 Å². The summed E-state index contributed by atoms with van der Waals surface area (Å²) in [5.41, 5.74) is 4.56. The fourth-order valence-electron chi connectivity index (χ4n) is 3.44. The Morgan fingerprint density at radius 3 is 2.64 bits per heavy atom. The van der Waals surface area contributed by atoms with E-state index in [0.717, 1.165) is 28.2 Å². The number of nitrogens with one attached hydrogen (secondary N) is 2. The molecule has 9 nitrogen and oxygen atoms in total. The molecule has 0 radical (unpaired) electrons. The quantitative estimate of drug-likeness (QED) is 0.563. The Morgan fingerprint density at radius 1 is 1.18 bits per heavy atom. The van der Waals surface area contributed by atoms with E-state index >= 15 is 0 Å². The molecule has 1 aliphatic heterocycles. The predicted molar refractivity (Wildman–Crippen MR) is 123 cm³/mol. The summed E-state index contributed by atoms with van der Waals surface area (Å²) < 4.78 is 5.18. The molecule has 2 amide bonds. The maximum atomic E-state index is 12.0. The lowest BCUT2D eigenvalue weighted by molar-refractivity contribution is -0.125. The first-order valence-corrected chi connectivity index (χ1v) is 10.4. The first kappa shape index (κ1) is 21.9. The van der Waals surface area contributed by atoms with Crippen LogP contribution in [0.3, 0.4) is 0 Å². The highest BCUT2D eigenvalue weighted by Crippen LogP contribution is 2.25. The number of morpholine rings is 1. The number of anilines is 3. The Kier molecular flexibility index (Phi) is 6.57. The Balaban J connectivity index is 1.49. The second-order valence-electron chi connectivity index (χ2n) is 7.41. The monoisotopic (exact) mass is 442 g/mol. The third kappa shape index (κ3) is 5.14. The van der Waals surface area contributed by atoms with Crippen LogP contribution >= 0.6 is 0 Å². The number of aromatic nitrogens is 2. The average Bonchev–Trinajstić information content (AvgIpc) is 2.85. The van der Waals surface area contributed by atoms with Crippen LogP contribution in [0.25, 0.3) is 11.3 Å². The maximum Gasteiger partial charge on any atom is 0.253 e. The molecular formula is C24H22N6O3. The van der Waals surface area contributed by atoms with Gasteiger partial charge in [-0.1, -0.05) is 12.1 Å². The van der Waals surface area contributed by atoms with Gasteiger partial charge in [0.15, 0.2) is 0 Å². The second kappa shape index (κ2) is 9.89. The lowest BCUT2D eigenvalue weighted by Gasteiger charge is -2.26. The van der Waals surface area contributed by atoms with Gasteiger partial charge in [0, 0.05) is 35.2 Å². The SMILES string of the molecule is Cc1cnc(Nc2ccc(N3CCOCC3=O)cc2)nc1-c1ccc(C(=O)NCC#N)cc1. The summed E-state index contributed by atoms with van der Waals surface area (Å²) in [5.74, 6) is 0.0794. The molecule has 1 aliphatic rings. The zero-order valence-corrected chi connectivity index (χ0v) is 18.0. The van der Waals surface area contributed by atoms with E-state index in [1.165, 1.54) is 0 Å². The third-order valence-corrected chi connectivity index (χ3v) is 5.14. The van der Waals surface area contributed by atoms with E-state index in [-0.39, 0.29) is 25.0 Å². The van der Waals surface area contributed by atoms with Gasteiger partial charge in [0.1, 0.15) is 13.2 Å². The maximum absolute atomic E-state index is 12.0. The third-order valence-electron chi connectivity index (χ3n) is 5.14. The fraction of sp³-hybridized carbons (Fsp3) is 0.208. The molecular weight excluding hydrogens is 420 g/mol. The summed E-state index contributed by atoms with van der Waals surface area (Å²) >= 11 is 0. The second-order valence-corrected chi connectivity index (χ2v) is 7.41. The highest BCUT2D eigenvalue weighted by Gasteiger charge is 2.20. The van der Waals surface area contributed by atoms with E-state index in [4.69, 9.17) is 10.00 Å². The number of nitriles is 1. The normalized spacial score (nSPS) is 13.3. The fourth-order valence-corrected chi connectivity index (χ4v) is 3.44. The number of hydrogen-bond acceptors (Lipinski definition) is 7. The molecule has 0 aliphatic carbocycles. The molecule has 2 aromatic carbocycles. The van der Waals surface area contributed by atoms with Gasteiger partial charge in [0.25, 0.3) is 11.8 Å². The van der Waals surface area contributed by atoms with Crippen LogP contribution in [0.15, 0.2) is 54.7 Å². The van der Waals surface area contributed by atoms with Crippen molar-refractivity contribution in [1.29, 1.82) is 5.26 Å². The molecule has 0 atom stereocenters. The van der Waals surface area contributed by atoms with Gasteiger partial charge in [-0.2, -0.15) is 5.26 Å². The smallest absolute Gasteiger partial charge is 0.253 e. The molecule has 4 rings (SSSR count). The standard InChI is InChI=1S/C24H22N6O3/c1-16-14-27-24(28-19-6-8-20(9-7-19)30-12-13-33-15-21(30)31)29-22(16)17-2-4-18(5-3-17)23(32)26-11-10-25/h2-9,14H,11-13,15H2,1H3,(H,26,32)(H,27,28,29). The molecule has 0 saturated carbocycles. The number of ether oxygens (including phenoxy) is 1. The first-order chi connectivity index (χ1) is 16.0. The molecule has 33 heavy (non-hydrogen) atoms. The van der Waals surface area contributed by atoms with Crippen LogP contribution in [0.5, 0.6) is 0 Å². The summed E-state index contributed by atoms with van der Waals surface area (Å²) in [6, 6.07) is 16.4. The number of hydrogen-bond donors (Lipinski definition) is 2. The van der Waals surface area contributed by atoms with E-state index in [9.17, 15) is 9.59 Å². The number of amides is 2. The van der Waals surface area contributed by atoms with E-state index in [0.29, 0.717) is 24.7 Å². The van der Waals surface area contributed by atoms with Crippen LogP contribution in [0.4, 0.5) is 17.3 Å². The number of rotatable bonds is 6.